The summed E-state index contributed by atoms with van der Waals surface area (Å²) >= 11 is 0.831. The SMILES string of the molecule is CC(C)[C@H](CO)NCC1(F)CC([N+](=O)[O-])=CS1. The van der Waals surface area contributed by atoms with E-state index in [1.807, 2.05) is 13.8 Å². The summed E-state index contributed by atoms with van der Waals surface area (Å²) in [6.07, 6.45) is -0.200. The second-order valence-electron chi connectivity index (χ2n) is 4.46. The van der Waals surface area contributed by atoms with Crippen molar-refractivity contribution in [3.05, 3.63) is 21.2 Å². The third-order valence-electron chi connectivity index (χ3n) is 2.72. The van der Waals surface area contributed by atoms with Crippen molar-refractivity contribution in [3.63, 3.8) is 0 Å². The lowest BCUT2D eigenvalue weighted by atomic mass is 10.1. The molecule has 5 nitrogen and oxygen atoms in total. The molecule has 1 heterocycles. The fourth-order valence-electron chi connectivity index (χ4n) is 1.53. The van der Waals surface area contributed by atoms with Gasteiger partial charge in [0.15, 0.2) is 5.00 Å². The number of aliphatic hydroxyl groups excluding tert-OH is 1. The van der Waals surface area contributed by atoms with Gasteiger partial charge in [0.25, 0.3) is 5.70 Å². The van der Waals surface area contributed by atoms with E-state index in [4.69, 9.17) is 5.11 Å². The predicted octanol–water partition coefficient (Wildman–Crippen LogP) is 1.51. The van der Waals surface area contributed by atoms with Gasteiger partial charge in [0, 0.05) is 18.0 Å². The molecule has 0 aliphatic carbocycles. The number of nitrogens with one attached hydrogen (secondary N) is 1. The first-order valence-electron chi connectivity index (χ1n) is 5.42. The molecule has 0 saturated heterocycles. The number of thioether (sulfide) groups is 1. The van der Waals surface area contributed by atoms with Crippen LogP contribution < -0.4 is 5.32 Å². The van der Waals surface area contributed by atoms with Gasteiger partial charge in [-0.1, -0.05) is 25.6 Å². The molecule has 1 unspecified atom stereocenters. The number of hydrogen-bond acceptors (Lipinski definition) is 5. The Labute approximate surface area is 104 Å². The van der Waals surface area contributed by atoms with E-state index in [0.29, 0.717) is 0 Å². The van der Waals surface area contributed by atoms with Gasteiger partial charge in [0.05, 0.1) is 18.0 Å². The minimum absolute atomic E-state index is 0.00505. The van der Waals surface area contributed by atoms with Crippen LogP contribution >= 0.6 is 11.8 Å². The summed E-state index contributed by atoms with van der Waals surface area (Å²) in [5.74, 6) is 0.179. The summed E-state index contributed by atoms with van der Waals surface area (Å²) in [5.41, 5.74) is -0.0932. The first-order chi connectivity index (χ1) is 7.88. The van der Waals surface area contributed by atoms with E-state index in [2.05, 4.69) is 5.32 Å². The molecule has 98 valence electrons. The number of alkyl halides is 1. The number of rotatable bonds is 6. The third kappa shape index (κ3) is 3.93. The monoisotopic (exact) mass is 264 g/mol. The second kappa shape index (κ2) is 5.79. The highest BCUT2D eigenvalue weighted by molar-refractivity contribution is 8.03. The molecule has 1 aliphatic heterocycles. The predicted molar refractivity (Wildman–Crippen MR) is 64.8 cm³/mol. The summed E-state index contributed by atoms with van der Waals surface area (Å²) in [4.78, 5) is 9.93. The van der Waals surface area contributed by atoms with E-state index in [9.17, 15) is 14.5 Å². The van der Waals surface area contributed by atoms with E-state index in [0.717, 1.165) is 11.8 Å². The van der Waals surface area contributed by atoms with Crippen molar-refractivity contribution < 1.29 is 14.4 Å². The maximum atomic E-state index is 14.1. The van der Waals surface area contributed by atoms with Gasteiger partial charge in [-0.15, -0.1) is 0 Å². The molecule has 17 heavy (non-hydrogen) atoms. The third-order valence-corrected chi connectivity index (χ3v) is 3.82. The zero-order chi connectivity index (χ0) is 13.1. The second-order valence-corrected chi connectivity index (χ2v) is 5.66. The Morgan fingerprint density at radius 3 is 2.82 bits per heavy atom. The number of nitrogens with zero attached hydrogens (tertiary/aromatic N) is 1. The fraction of sp³-hybridized carbons (Fsp3) is 0.800. The van der Waals surface area contributed by atoms with E-state index in [1.165, 1.54) is 5.41 Å². The fourth-order valence-corrected chi connectivity index (χ4v) is 2.45. The number of halogens is 1. The van der Waals surface area contributed by atoms with Crippen LogP contribution in [0.1, 0.15) is 20.3 Å². The normalized spacial score (nSPS) is 26.1. The molecule has 0 aromatic carbocycles. The maximum Gasteiger partial charge on any atom is 0.256 e. The lowest BCUT2D eigenvalue weighted by Gasteiger charge is -2.25. The lowest BCUT2D eigenvalue weighted by Crippen LogP contribution is -2.43. The molecule has 0 aromatic heterocycles. The van der Waals surface area contributed by atoms with Gasteiger partial charge in [-0.25, -0.2) is 4.39 Å². The molecule has 7 heteroatoms. The van der Waals surface area contributed by atoms with E-state index in [1.54, 1.807) is 0 Å². The van der Waals surface area contributed by atoms with E-state index < -0.39 is 9.92 Å². The number of hydrogen-bond donors (Lipinski definition) is 2. The molecule has 2 N–H and O–H groups in total. The minimum Gasteiger partial charge on any atom is -0.395 e. The van der Waals surface area contributed by atoms with Crippen molar-refractivity contribution in [1.82, 2.24) is 5.32 Å². The van der Waals surface area contributed by atoms with Crippen LogP contribution in [0.3, 0.4) is 0 Å². The Morgan fingerprint density at radius 1 is 1.76 bits per heavy atom. The summed E-state index contributed by atoms with van der Waals surface area (Å²) in [7, 11) is 0. The molecule has 0 aromatic rings. The summed E-state index contributed by atoms with van der Waals surface area (Å²) < 4.78 is 14.1. The molecule has 2 atom stereocenters. The number of aliphatic hydroxyl groups is 1. The molecule has 0 spiro atoms. The lowest BCUT2D eigenvalue weighted by molar-refractivity contribution is -0.428. The van der Waals surface area contributed by atoms with Crippen molar-refractivity contribution in [2.75, 3.05) is 13.2 Å². The van der Waals surface area contributed by atoms with Crippen molar-refractivity contribution in [1.29, 1.82) is 0 Å². The Morgan fingerprint density at radius 2 is 2.41 bits per heavy atom. The summed E-state index contributed by atoms with van der Waals surface area (Å²) in [6.45, 7) is 3.76. The van der Waals surface area contributed by atoms with Gasteiger partial charge in [0.1, 0.15) is 0 Å². The molecule has 0 radical (unpaired) electrons. The topological polar surface area (TPSA) is 75.4 Å². The van der Waals surface area contributed by atoms with Gasteiger partial charge < -0.3 is 10.4 Å². The molecule has 0 bridgehead atoms. The van der Waals surface area contributed by atoms with Crippen molar-refractivity contribution in [2.45, 2.75) is 31.3 Å². The molecule has 1 aliphatic rings. The minimum atomic E-state index is -1.68. The Balaban J connectivity index is 2.46. The molecule has 0 fully saturated rings. The van der Waals surface area contributed by atoms with E-state index in [-0.39, 0.29) is 37.2 Å². The van der Waals surface area contributed by atoms with Crippen LogP contribution in [0.15, 0.2) is 11.1 Å². The van der Waals surface area contributed by atoms with Gasteiger partial charge in [-0.2, -0.15) is 0 Å². The molecule has 1 rings (SSSR count). The van der Waals surface area contributed by atoms with Crippen molar-refractivity contribution in [3.8, 4) is 0 Å². The van der Waals surface area contributed by atoms with Gasteiger partial charge >= 0.3 is 0 Å². The first-order valence-corrected chi connectivity index (χ1v) is 6.30. The Kier molecular flexibility index (Phi) is 4.91. The first kappa shape index (κ1) is 14.4. The van der Waals surface area contributed by atoms with Crippen LogP contribution in [0.5, 0.6) is 0 Å². The zero-order valence-corrected chi connectivity index (χ0v) is 10.7. The number of nitro groups is 1. The van der Waals surface area contributed by atoms with Gasteiger partial charge in [0.2, 0.25) is 0 Å². The van der Waals surface area contributed by atoms with Crippen LogP contribution in [0.25, 0.3) is 0 Å². The van der Waals surface area contributed by atoms with Crippen LogP contribution in [0, 0.1) is 16.0 Å². The Bertz CT molecular complexity index is 325. The van der Waals surface area contributed by atoms with E-state index >= 15 is 0 Å². The average molecular weight is 264 g/mol. The highest BCUT2D eigenvalue weighted by atomic mass is 32.2. The molecular weight excluding hydrogens is 247 g/mol. The van der Waals surface area contributed by atoms with Crippen molar-refractivity contribution >= 4 is 11.8 Å². The summed E-state index contributed by atoms with van der Waals surface area (Å²) in [5, 5.41) is 22.1. The summed E-state index contributed by atoms with van der Waals surface area (Å²) in [6, 6.07) is -0.192. The largest absolute Gasteiger partial charge is 0.395 e. The van der Waals surface area contributed by atoms with Crippen molar-refractivity contribution in [2.24, 2.45) is 5.92 Å². The molecular formula is C10H17FN2O3S. The zero-order valence-electron chi connectivity index (χ0n) is 9.85. The van der Waals surface area contributed by atoms with Gasteiger partial charge in [-0.3, -0.25) is 10.1 Å². The van der Waals surface area contributed by atoms with Crippen LogP contribution in [0.4, 0.5) is 4.39 Å². The standard InChI is InChI=1S/C10H17FN2O3S/c1-7(2)9(4-14)12-6-10(11)3-8(5-17-10)13(15)16/h5,7,9,12,14H,3-4,6H2,1-2H3/t9-,10?/m0/s1. The number of allylic oxidation sites excluding steroid dienone is 1. The maximum absolute atomic E-state index is 14.1. The highest BCUT2D eigenvalue weighted by Gasteiger charge is 2.41. The van der Waals surface area contributed by atoms with Crippen LogP contribution in [0.2, 0.25) is 0 Å². The Hall–Kier alpha value is -0.660. The van der Waals surface area contributed by atoms with Crippen LogP contribution in [-0.2, 0) is 0 Å². The smallest absolute Gasteiger partial charge is 0.256 e. The van der Waals surface area contributed by atoms with Crippen LogP contribution in [-0.4, -0.2) is 34.2 Å². The quantitative estimate of drug-likeness (QED) is 0.562. The average Bonchev–Trinajstić information content (AvgIpc) is 2.62. The molecule has 0 saturated carbocycles. The van der Waals surface area contributed by atoms with Gasteiger partial charge in [-0.05, 0) is 5.92 Å². The highest BCUT2D eigenvalue weighted by Crippen LogP contribution is 2.41. The molecule has 0 amide bonds.